The van der Waals surface area contributed by atoms with E-state index in [4.69, 9.17) is 0 Å². The first-order chi connectivity index (χ1) is 21.4. The average Bonchev–Trinajstić information content (AvgIpc) is 3.71. The highest BCUT2D eigenvalue weighted by Gasteiger charge is 2.47. The minimum atomic E-state index is 0.290. The summed E-state index contributed by atoms with van der Waals surface area (Å²) in [7, 11) is 0. The molecule has 0 atom stereocenters. The molecule has 0 unspecified atom stereocenters. The lowest BCUT2D eigenvalue weighted by atomic mass is 9.32. The van der Waals surface area contributed by atoms with Crippen LogP contribution in [0.3, 0.4) is 0 Å². The lowest BCUT2D eigenvalue weighted by Gasteiger charge is -2.44. The van der Waals surface area contributed by atoms with Crippen molar-refractivity contribution in [2.75, 3.05) is 9.80 Å². The third kappa shape index (κ3) is 5.47. The fraction of sp³-hybridized carbons (Fsp3) is 0.300. The van der Waals surface area contributed by atoms with Crippen molar-refractivity contribution in [2.45, 2.75) is 81.1 Å². The van der Waals surface area contributed by atoms with Crippen molar-refractivity contribution in [2.24, 2.45) is 0 Å². The first-order valence-electron chi connectivity index (χ1n) is 16.8. The number of hydrogen-bond donors (Lipinski definition) is 0. The first-order valence-corrected chi connectivity index (χ1v) is 16.8. The predicted molar refractivity (Wildman–Crippen MR) is 193 cm³/mol. The smallest absolute Gasteiger partial charge is 0.252 e. The summed E-state index contributed by atoms with van der Waals surface area (Å²) in [5.41, 5.74) is 15.7. The van der Waals surface area contributed by atoms with Crippen LogP contribution in [0.2, 0.25) is 0 Å². The van der Waals surface area contributed by atoms with E-state index in [-0.39, 0.29) is 6.71 Å². The van der Waals surface area contributed by atoms with Gasteiger partial charge in [-0.3, -0.25) is 0 Å². The van der Waals surface area contributed by atoms with E-state index >= 15 is 0 Å². The molecule has 2 nitrogen and oxygen atoms in total. The van der Waals surface area contributed by atoms with Crippen molar-refractivity contribution >= 4 is 46.1 Å². The number of hydrogen-bond acceptors (Lipinski definition) is 2. The number of rotatable bonds is 2. The van der Waals surface area contributed by atoms with Gasteiger partial charge in [-0.05, 0) is 78.1 Å². The highest BCUT2D eigenvalue weighted by atomic mass is 15.2. The Kier molecular flexibility index (Phi) is 11.1. The van der Waals surface area contributed by atoms with E-state index in [1.54, 1.807) is 16.6 Å². The van der Waals surface area contributed by atoms with Gasteiger partial charge >= 0.3 is 0 Å². The maximum atomic E-state index is 2.57. The number of para-hydroxylation sites is 3. The normalized spacial score (nSPS) is 14.7. The largest absolute Gasteiger partial charge is 0.315 e. The molecule has 4 aromatic carbocycles. The van der Waals surface area contributed by atoms with E-state index < -0.39 is 0 Å². The monoisotopic (exact) mass is 568 g/mol. The molecule has 222 valence electrons. The molecule has 8 rings (SSSR count). The zero-order chi connectivity index (χ0) is 30.9. The van der Waals surface area contributed by atoms with E-state index in [9.17, 15) is 0 Å². The number of allylic oxidation sites excluding steroid dienone is 3. The van der Waals surface area contributed by atoms with E-state index in [0.29, 0.717) is 0 Å². The zero-order valence-electron chi connectivity index (χ0n) is 27.6. The molecule has 4 aromatic rings. The molecular formula is C40H49BN2. The van der Waals surface area contributed by atoms with Gasteiger partial charge in [0.05, 0.1) is 0 Å². The Morgan fingerprint density at radius 2 is 1.02 bits per heavy atom. The van der Waals surface area contributed by atoms with E-state index in [1.165, 1.54) is 64.3 Å². The minimum Gasteiger partial charge on any atom is -0.315 e. The van der Waals surface area contributed by atoms with Gasteiger partial charge in [0, 0.05) is 40.6 Å². The van der Waals surface area contributed by atoms with Crippen LogP contribution in [0.1, 0.15) is 81.1 Å². The second-order valence-corrected chi connectivity index (χ2v) is 10.0. The second-order valence-electron chi connectivity index (χ2n) is 10.0. The third-order valence-electron chi connectivity index (χ3n) is 8.26. The Morgan fingerprint density at radius 3 is 1.65 bits per heavy atom. The molecule has 0 amide bonds. The maximum Gasteiger partial charge on any atom is 0.252 e. The number of benzene rings is 4. The maximum absolute atomic E-state index is 2.57. The highest BCUT2D eigenvalue weighted by molar-refractivity contribution is 6.96. The number of fused-ring (bicyclic) bond motifs is 4. The van der Waals surface area contributed by atoms with Crippen molar-refractivity contribution in [3.63, 3.8) is 0 Å². The fourth-order valence-corrected chi connectivity index (χ4v) is 6.96. The lowest BCUT2D eigenvalue weighted by molar-refractivity contribution is 0.861. The predicted octanol–water partition coefficient (Wildman–Crippen LogP) is 11.0. The van der Waals surface area contributed by atoms with E-state index in [2.05, 4.69) is 113 Å². The number of anilines is 5. The molecule has 0 aromatic heterocycles. The van der Waals surface area contributed by atoms with Gasteiger partial charge in [0.1, 0.15) is 0 Å². The van der Waals surface area contributed by atoms with Crippen molar-refractivity contribution in [3.05, 3.63) is 125 Å². The summed E-state index contributed by atoms with van der Waals surface area (Å²) in [6.07, 6.45) is 4.85. The van der Waals surface area contributed by atoms with Gasteiger partial charge in [-0.25, -0.2) is 0 Å². The Balaban J connectivity index is 0.000000492. The van der Waals surface area contributed by atoms with Crippen LogP contribution in [-0.2, 0) is 0 Å². The molecule has 0 saturated carbocycles. The Labute approximate surface area is 261 Å². The van der Waals surface area contributed by atoms with Crippen LogP contribution in [-0.4, -0.2) is 6.71 Å². The van der Waals surface area contributed by atoms with Gasteiger partial charge in [-0.2, -0.15) is 0 Å². The van der Waals surface area contributed by atoms with Crippen LogP contribution in [0.15, 0.2) is 125 Å². The van der Waals surface area contributed by atoms with Gasteiger partial charge in [0.2, 0.25) is 0 Å². The minimum absolute atomic E-state index is 0.290. The molecular weight excluding hydrogens is 519 g/mol. The van der Waals surface area contributed by atoms with Crippen LogP contribution < -0.4 is 20.7 Å². The van der Waals surface area contributed by atoms with Crippen LogP contribution in [0.4, 0.5) is 28.4 Å². The van der Waals surface area contributed by atoms with Crippen LogP contribution in [0.25, 0.3) is 0 Å². The Morgan fingerprint density at radius 1 is 0.512 bits per heavy atom. The Bertz CT molecular complexity index is 1550. The molecule has 0 radical (unpaired) electrons. The molecule has 0 bridgehead atoms. The highest BCUT2D eigenvalue weighted by Crippen LogP contribution is 2.52. The van der Waals surface area contributed by atoms with Crippen molar-refractivity contribution in [1.29, 1.82) is 0 Å². The molecule has 0 N–H and O–H groups in total. The molecule has 3 heteroatoms. The van der Waals surface area contributed by atoms with Crippen LogP contribution in [0, 0.1) is 0 Å². The molecule has 2 heterocycles. The summed E-state index contributed by atoms with van der Waals surface area (Å²) in [5.74, 6) is 0. The quantitative estimate of drug-likeness (QED) is 0.222. The summed E-state index contributed by atoms with van der Waals surface area (Å²) in [6, 6.07) is 37.8. The SMILES string of the molecule is CC.CC.CC.CC.c1ccc(N2C3=C(B4c5ccccc5N(c5ccccc5)c5cccc2c54)C2=C(CCC2)C3)cc1. The second kappa shape index (κ2) is 15.0. The van der Waals surface area contributed by atoms with Gasteiger partial charge in [-0.1, -0.05) is 127 Å². The standard InChI is InChI=1S/C32H25BN2.4C2H6/c1-3-12-23(13-4-1)34-27-18-8-7-17-26(27)33-31-25-16-9-11-22(25)21-30(31)35(24-14-5-2-6-15-24)29-20-10-19-28(34)32(29)33;4*1-2/h1-8,10,12-15,17-20H,9,11,16,21H2;4*1-2H3. The molecule has 2 aliphatic heterocycles. The van der Waals surface area contributed by atoms with Gasteiger partial charge < -0.3 is 9.80 Å². The molecule has 0 saturated heterocycles. The van der Waals surface area contributed by atoms with Crippen molar-refractivity contribution in [1.82, 2.24) is 0 Å². The van der Waals surface area contributed by atoms with Crippen molar-refractivity contribution < 1.29 is 0 Å². The average molecular weight is 569 g/mol. The van der Waals surface area contributed by atoms with Crippen LogP contribution in [0.5, 0.6) is 0 Å². The van der Waals surface area contributed by atoms with Gasteiger partial charge in [0.25, 0.3) is 6.71 Å². The third-order valence-corrected chi connectivity index (χ3v) is 8.26. The van der Waals surface area contributed by atoms with Crippen LogP contribution >= 0.6 is 0 Å². The lowest BCUT2D eigenvalue weighted by Crippen LogP contribution is -2.55. The molecule has 43 heavy (non-hydrogen) atoms. The summed E-state index contributed by atoms with van der Waals surface area (Å²) < 4.78 is 0. The summed E-state index contributed by atoms with van der Waals surface area (Å²) in [6.45, 7) is 16.3. The Hall–Kier alpha value is -3.98. The molecule has 0 fully saturated rings. The summed E-state index contributed by atoms with van der Waals surface area (Å²) in [4.78, 5) is 5.04. The van der Waals surface area contributed by atoms with E-state index in [1.807, 2.05) is 55.4 Å². The van der Waals surface area contributed by atoms with E-state index in [0.717, 1.165) is 6.42 Å². The fourth-order valence-electron chi connectivity index (χ4n) is 6.96. The topological polar surface area (TPSA) is 6.48 Å². The zero-order valence-corrected chi connectivity index (χ0v) is 27.6. The summed E-state index contributed by atoms with van der Waals surface area (Å²) in [5, 5.41) is 0. The van der Waals surface area contributed by atoms with Crippen molar-refractivity contribution in [3.8, 4) is 0 Å². The molecule has 0 spiro atoms. The summed E-state index contributed by atoms with van der Waals surface area (Å²) >= 11 is 0. The van der Waals surface area contributed by atoms with Gasteiger partial charge in [-0.15, -0.1) is 0 Å². The number of nitrogens with zero attached hydrogens (tertiary/aromatic N) is 2. The molecule has 2 aliphatic carbocycles. The molecule has 4 aliphatic rings. The first kappa shape index (κ1) is 31.9. The van der Waals surface area contributed by atoms with Gasteiger partial charge in [0.15, 0.2) is 0 Å².